The maximum absolute atomic E-state index is 11.9. The van der Waals surface area contributed by atoms with Gasteiger partial charge < -0.3 is 15.4 Å². The van der Waals surface area contributed by atoms with Gasteiger partial charge in [-0.1, -0.05) is 19.3 Å². The summed E-state index contributed by atoms with van der Waals surface area (Å²) in [5.41, 5.74) is 1.81. The molecule has 1 fully saturated rings. The second-order valence-corrected chi connectivity index (χ2v) is 5.12. The molecule has 4 nitrogen and oxygen atoms in total. The predicted octanol–water partition coefficient (Wildman–Crippen LogP) is 3.46. The highest BCUT2D eigenvalue weighted by Gasteiger charge is 2.15. The van der Waals surface area contributed by atoms with Gasteiger partial charge in [-0.05, 0) is 43.5 Å². The third kappa shape index (κ3) is 3.88. The van der Waals surface area contributed by atoms with Crippen LogP contribution in [0, 0.1) is 6.92 Å². The van der Waals surface area contributed by atoms with Crippen LogP contribution in [0.25, 0.3) is 0 Å². The number of hydrogen-bond acceptors (Lipinski definition) is 2. The molecular formula is C15H22N2O2. The fraction of sp³-hybridized carbons (Fsp3) is 0.533. The molecule has 2 rings (SSSR count). The minimum Gasteiger partial charge on any atom is -0.496 e. The molecule has 2 amide bonds. The van der Waals surface area contributed by atoms with Crippen molar-refractivity contribution in [3.8, 4) is 5.75 Å². The van der Waals surface area contributed by atoms with E-state index in [1.54, 1.807) is 7.11 Å². The van der Waals surface area contributed by atoms with Crippen molar-refractivity contribution in [2.75, 3.05) is 12.4 Å². The Morgan fingerprint density at radius 1 is 1.26 bits per heavy atom. The van der Waals surface area contributed by atoms with E-state index in [0.717, 1.165) is 29.8 Å². The monoisotopic (exact) mass is 262 g/mol. The van der Waals surface area contributed by atoms with Gasteiger partial charge in [-0.3, -0.25) is 0 Å². The summed E-state index contributed by atoms with van der Waals surface area (Å²) < 4.78 is 5.20. The first-order chi connectivity index (χ1) is 9.19. The molecule has 104 valence electrons. The van der Waals surface area contributed by atoms with E-state index in [-0.39, 0.29) is 6.03 Å². The van der Waals surface area contributed by atoms with Gasteiger partial charge in [-0.2, -0.15) is 0 Å². The van der Waals surface area contributed by atoms with E-state index in [4.69, 9.17) is 4.74 Å². The van der Waals surface area contributed by atoms with E-state index in [0.29, 0.717) is 6.04 Å². The quantitative estimate of drug-likeness (QED) is 0.876. The smallest absolute Gasteiger partial charge is 0.319 e. The van der Waals surface area contributed by atoms with Gasteiger partial charge in [0.1, 0.15) is 5.75 Å². The molecule has 0 spiro atoms. The summed E-state index contributed by atoms with van der Waals surface area (Å²) in [5, 5.41) is 5.91. The number of urea groups is 1. The summed E-state index contributed by atoms with van der Waals surface area (Å²) in [6.07, 6.45) is 5.90. The lowest BCUT2D eigenvalue weighted by Crippen LogP contribution is -2.39. The van der Waals surface area contributed by atoms with Gasteiger partial charge in [0.25, 0.3) is 0 Å². The minimum atomic E-state index is -0.114. The molecule has 1 aliphatic rings. The number of anilines is 1. The third-order valence-electron chi connectivity index (χ3n) is 3.59. The number of aryl methyl sites for hydroxylation is 1. The molecule has 0 radical (unpaired) electrons. The Morgan fingerprint density at radius 3 is 2.63 bits per heavy atom. The fourth-order valence-corrected chi connectivity index (χ4v) is 2.56. The fourth-order valence-electron chi connectivity index (χ4n) is 2.56. The molecule has 1 aliphatic carbocycles. The van der Waals surface area contributed by atoms with Crippen LogP contribution in [0.5, 0.6) is 5.75 Å². The van der Waals surface area contributed by atoms with Crippen LogP contribution in [0.3, 0.4) is 0 Å². The van der Waals surface area contributed by atoms with Gasteiger partial charge in [0.2, 0.25) is 0 Å². The lowest BCUT2D eigenvalue weighted by Gasteiger charge is -2.23. The Balaban J connectivity index is 1.89. The topological polar surface area (TPSA) is 50.4 Å². The van der Waals surface area contributed by atoms with Crippen LogP contribution in [-0.2, 0) is 0 Å². The molecule has 4 heteroatoms. The Labute approximate surface area is 114 Å². The van der Waals surface area contributed by atoms with Crippen LogP contribution < -0.4 is 15.4 Å². The molecule has 19 heavy (non-hydrogen) atoms. The minimum absolute atomic E-state index is 0.114. The summed E-state index contributed by atoms with van der Waals surface area (Å²) in [7, 11) is 1.64. The van der Waals surface area contributed by atoms with Crippen molar-refractivity contribution < 1.29 is 9.53 Å². The van der Waals surface area contributed by atoms with E-state index in [1.165, 1.54) is 19.3 Å². The van der Waals surface area contributed by atoms with Gasteiger partial charge in [0.05, 0.1) is 7.11 Å². The Kier molecular flexibility index (Phi) is 4.66. The first kappa shape index (κ1) is 13.7. The van der Waals surface area contributed by atoms with E-state index >= 15 is 0 Å². The average molecular weight is 262 g/mol. The molecular weight excluding hydrogens is 240 g/mol. The Morgan fingerprint density at radius 2 is 2.00 bits per heavy atom. The second-order valence-electron chi connectivity index (χ2n) is 5.12. The van der Waals surface area contributed by atoms with Crippen LogP contribution >= 0.6 is 0 Å². The number of benzene rings is 1. The first-order valence-electron chi connectivity index (χ1n) is 6.91. The predicted molar refractivity (Wildman–Crippen MR) is 76.8 cm³/mol. The van der Waals surface area contributed by atoms with E-state index in [9.17, 15) is 4.79 Å². The zero-order valence-electron chi connectivity index (χ0n) is 11.7. The number of ether oxygens (including phenoxy) is 1. The molecule has 1 aromatic rings. The van der Waals surface area contributed by atoms with Crippen LogP contribution in [-0.4, -0.2) is 19.2 Å². The lowest BCUT2D eigenvalue weighted by atomic mass is 9.96. The number of methoxy groups -OCH3 is 1. The summed E-state index contributed by atoms with van der Waals surface area (Å²) in [6.45, 7) is 1.96. The van der Waals surface area contributed by atoms with Gasteiger partial charge in [-0.25, -0.2) is 4.79 Å². The molecule has 1 aromatic carbocycles. The SMILES string of the molecule is COc1ccc(NC(=O)NC2CCCCC2)cc1C. The lowest BCUT2D eigenvalue weighted by molar-refractivity contribution is 0.244. The van der Waals surface area contributed by atoms with Crippen LogP contribution in [0.15, 0.2) is 18.2 Å². The van der Waals surface area contributed by atoms with Crippen molar-refractivity contribution in [3.05, 3.63) is 23.8 Å². The van der Waals surface area contributed by atoms with Crippen molar-refractivity contribution in [3.63, 3.8) is 0 Å². The molecule has 0 bridgehead atoms. The van der Waals surface area contributed by atoms with Gasteiger partial charge in [0, 0.05) is 11.7 Å². The van der Waals surface area contributed by atoms with Crippen molar-refractivity contribution in [1.82, 2.24) is 5.32 Å². The van der Waals surface area contributed by atoms with Crippen molar-refractivity contribution in [1.29, 1.82) is 0 Å². The number of carbonyl (C=O) groups is 1. The largest absolute Gasteiger partial charge is 0.496 e. The van der Waals surface area contributed by atoms with Crippen molar-refractivity contribution in [2.45, 2.75) is 45.1 Å². The zero-order valence-corrected chi connectivity index (χ0v) is 11.7. The number of amides is 2. The normalized spacial score (nSPS) is 15.9. The van der Waals surface area contributed by atoms with Gasteiger partial charge >= 0.3 is 6.03 Å². The van der Waals surface area contributed by atoms with E-state index in [2.05, 4.69) is 10.6 Å². The number of nitrogens with one attached hydrogen (secondary N) is 2. The number of rotatable bonds is 3. The van der Waals surface area contributed by atoms with E-state index < -0.39 is 0 Å². The zero-order chi connectivity index (χ0) is 13.7. The summed E-state index contributed by atoms with van der Waals surface area (Å²) in [6, 6.07) is 5.85. The Bertz CT molecular complexity index is 440. The highest BCUT2D eigenvalue weighted by Crippen LogP contribution is 2.21. The number of hydrogen-bond donors (Lipinski definition) is 2. The van der Waals surface area contributed by atoms with Gasteiger partial charge in [-0.15, -0.1) is 0 Å². The summed E-state index contributed by atoms with van der Waals surface area (Å²) in [5.74, 6) is 0.832. The van der Waals surface area contributed by atoms with Crippen LogP contribution in [0.1, 0.15) is 37.7 Å². The maximum Gasteiger partial charge on any atom is 0.319 e. The third-order valence-corrected chi connectivity index (χ3v) is 3.59. The van der Waals surface area contributed by atoms with Crippen molar-refractivity contribution >= 4 is 11.7 Å². The molecule has 2 N–H and O–H groups in total. The second kappa shape index (κ2) is 6.45. The molecule has 0 unspecified atom stereocenters. The molecule has 0 aliphatic heterocycles. The summed E-state index contributed by atoms with van der Waals surface area (Å²) in [4.78, 5) is 11.9. The molecule has 1 saturated carbocycles. The molecule has 0 atom stereocenters. The average Bonchev–Trinajstić information content (AvgIpc) is 2.40. The standard InChI is InChI=1S/C15H22N2O2/c1-11-10-13(8-9-14(11)19-2)17-15(18)16-12-6-4-3-5-7-12/h8-10,12H,3-7H2,1-2H3,(H2,16,17,18). The van der Waals surface area contributed by atoms with Crippen LogP contribution in [0.4, 0.5) is 10.5 Å². The molecule has 0 aromatic heterocycles. The maximum atomic E-state index is 11.9. The van der Waals surface area contributed by atoms with Crippen molar-refractivity contribution in [2.24, 2.45) is 0 Å². The summed E-state index contributed by atoms with van der Waals surface area (Å²) >= 11 is 0. The number of carbonyl (C=O) groups excluding carboxylic acids is 1. The van der Waals surface area contributed by atoms with E-state index in [1.807, 2.05) is 25.1 Å². The first-order valence-corrected chi connectivity index (χ1v) is 6.91. The van der Waals surface area contributed by atoms with Gasteiger partial charge in [0.15, 0.2) is 0 Å². The van der Waals surface area contributed by atoms with Crippen LogP contribution in [0.2, 0.25) is 0 Å². The molecule has 0 saturated heterocycles. The Hall–Kier alpha value is -1.71. The highest BCUT2D eigenvalue weighted by atomic mass is 16.5. The molecule has 0 heterocycles. The highest BCUT2D eigenvalue weighted by molar-refractivity contribution is 5.89.